The number of carbonyl (C=O) groups is 1. The van der Waals surface area contributed by atoms with Gasteiger partial charge in [0.1, 0.15) is 4.95 Å². The summed E-state index contributed by atoms with van der Waals surface area (Å²) in [5.41, 5.74) is 1.93. The number of methoxy groups -OCH3 is 2. The fourth-order valence-electron chi connectivity index (χ4n) is 3.76. The van der Waals surface area contributed by atoms with Gasteiger partial charge in [0.05, 0.1) is 25.8 Å². The number of carbonyl (C=O) groups excluding carboxylic acids is 1. The highest BCUT2D eigenvalue weighted by atomic mass is 79.9. The van der Waals surface area contributed by atoms with Crippen molar-refractivity contribution in [1.29, 1.82) is 0 Å². The summed E-state index contributed by atoms with van der Waals surface area (Å²) in [6.45, 7) is 2.15. The molecular weight excluding hydrogens is 408 g/mol. The van der Waals surface area contributed by atoms with E-state index in [2.05, 4.69) is 35.0 Å². The summed E-state index contributed by atoms with van der Waals surface area (Å²) in [7, 11) is 3.26. The van der Waals surface area contributed by atoms with E-state index < -0.39 is 0 Å². The lowest BCUT2D eigenvalue weighted by Crippen LogP contribution is -2.47. The molecule has 0 saturated heterocycles. The average Bonchev–Trinajstić information content (AvgIpc) is 2.72. The van der Waals surface area contributed by atoms with Gasteiger partial charge in [0.15, 0.2) is 11.5 Å². The van der Waals surface area contributed by atoms with Gasteiger partial charge in [0.25, 0.3) is 0 Å². The Kier molecular flexibility index (Phi) is 6.58. The molecule has 27 heavy (non-hydrogen) atoms. The van der Waals surface area contributed by atoms with E-state index in [1.807, 2.05) is 18.2 Å². The van der Waals surface area contributed by atoms with Crippen LogP contribution >= 0.6 is 15.9 Å². The molecular formula is C21H27BrN2O3. The maximum absolute atomic E-state index is 13.1. The smallest absolute Gasteiger partial charge is 0.247 e. The molecule has 1 aromatic carbocycles. The number of hydrogen-bond acceptors (Lipinski definition) is 4. The molecule has 3 unspecified atom stereocenters. The van der Waals surface area contributed by atoms with Gasteiger partial charge in [-0.25, -0.2) is 5.01 Å². The Morgan fingerprint density at radius 1 is 1.19 bits per heavy atom. The Labute approximate surface area is 169 Å². The van der Waals surface area contributed by atoms with E-state index in [0.717, 1.165) is 43.4 Å². The standard InChI is InChI=1S/C21H27BrN2O3/c1-4-5-10-19(22)24-21(25)16-9-7-6-8-15(16)20(23-24)14-11-12-17(26-2)18(13-14)27-3/h6-7,11-13,15-16,19H,4-5,8-10H2,1-3H3. The Morgan fingerprint density at radius 2 is 1.89 bits per heavy atom. The molecule has 1 aliphatic carbocycles. The molecule has 2 aliphatic rings. The molecule has 0 spiro atoms. The third kappa shape index (κ3) is 4.05. The number of halogens is 1. The lowest BCUT2D eigenvalue weighted by Gasteiger charge is -2.38. The van der Waals surface area contributed by atoms with Crippen molar-refractivity contribution in [3.63, 3.8) is 0 Å². The highest BCUT2D eigenvalue weighted by molar-refractivity contribution is 9.09. The molecule has 5 nitrogen and oxygen atoms in total. The topological polar surface area (TPSA) is 51.1 Å². The summed E-state index contributed by atoms with van der Waals surface area (Å²) in [6, 6.07) is 5.85. The fraction of sp³-hybridized carbons (Fsp3) is 0.524. The predicted octanol–water partition coefficient (Wildman–Crippen LogP) is 4.74. The van der Waals surface area contributed by atoms with E-state index in [1.165, 1.54) is 0 Å². The number of hydrazone groups is 1. The third-order valence-electron chi connectivity index (χ3n) is 5.28. The van der Waals surface area contributed by atoms with E-state index in [0.29, 0.717) is 11.5 Å². The molecule has 1 aliphatic heterocycles. The van der Waals surface area contributed by atoms with Crippen molar-refractivity contribution in [3.8, 4) is 11.5 Å². The SMILES string of the molecule is CCCCC(Br)N1N=C(c2ccc(OC)c(OC)c2)C2CC=CCC2C1=O. The second-order valence-corrected chi connectivity index (χ2v) is 8.03. The molecule has 0 radical (unpaired) electrons. The largest absolute Gasteiger partial charge is 0.493 e. The number of benzene rings is 1. The third-order valence-corrected chi connectivity index (χ3v) is 6.13. The molecule has 3 atom stereocenters. The monoisotopic (exact) mass is 434 g/mol. The number of allylic oxidation sites excluding steroid dienone is 2. The molecule has 0 bridgehead atoms. The normalized spacial score (nSPS) is 22.9. The minimum atomic E-state index is -0.0769. The number of alkyl halides is 1. The van der Waals surface area contributed by atoms with Crippen LogP contribution in [-0.2, 0) is 4.79 Å². The summed E-state index contributed by atoms with van der Waals surface area (Å²) in [6.07, 6.45) is 8.89. The molecule has 1 amide bonds. The van der Waals surface area contributed by atoms with Crippen molar-refractivity contribution in [2.75, 3.05) is 14.2 Å². The van der Waals surface area contributed by atoms with Gasteiger partial charge in [-0.1, -0.05) is 47.8 Å². The van der Waals surface area contributed by atoms with Crippen LogP contribution in [0.25, 0.3) is 0 Å². The molecule has 0 N–H and O–H groups in total. The predicted molar refractivity (Wildman–Crippen MR) is 111 cm³/mol. The second-order valence-electron chi connectivity index (χ2n) is 6.97. The van der Waals surface area contributed by atoms with E-state index in [9.17, 15) is 4.79 Å². The van der Waals surface area contributed by atoms with Crippen LogP contribution in [0.15, 0.2) is 35.5 Å². The number of ether oxygens (including phenoxy) is 2. The lowest BCUT2D eigenvalue weighted by molar-refractivity contribution is -0.138. The summed E-state index contributed by atoms with van der Waals surface area (Å²) in [5.74, 6) is 1.52. The Balaban J connectivity index is 2.01. The number of unbranched alkanes of at least 4 members (excludes halogenated alkanes) is 1. The first-order chi connectivity index (χ1) is 13.1. The van der Waals surface area contributed by atoms with E-state index in [1.54, 1.807) is 19.2 Å². The average molecular weight is 435 g/mol. The Bertz CT molecular complexity index is 747. The van der Waals surface area contributed by atoms with E-state index in [4.69, 9.17) is 14.6 Å². The quantitative estimate of drug-likeness (QED) is 0.353. The van der Waals surface area contributed by atoms with Gasteiger partial charge < -0.3 is 9.47 Å². The van der Waals surface area contributed by atoms with Crippen LogP contribution in [0.5, 0.6) is 11.5 Å². The highest BCUT2D eigenvalue weighted by Crippen LogP contribution is 2.38. The van der Waals surface area contributed by atoms with E-state index >= 15 is 0 Å². The van der Waals surface area contributed by atoms with Crippen LogP contribution in [0.3, 0.4) is 0 Å². The molecule has 0 fully saturated rings. The zero-order valence-corrected chi connectivity index (χ0v) is 17.7. The number of hydrogen-bond donors (Lipinski definition) is 0. The lowest BCUT2D eigenvalue weighted by atomic mass is 9.76. The molecule has 146 valence electrons. The van der Waals surface area contributed by atoms with Gasteiger partial charge in [0, 0.05) is 11.5 Å². The van der Waals surface area contributed by atoms with Gasteiger partial charge >= 0.3 is 0 Å². The maximum atomic E-state index is 13.1. The van der Waals surface area contributed by atoms with Crippen molar-refractivity contribution >= 4 is 27.5 Å². The zero-order valence-electron chi connectivity index (χ0n) is 16.2. The van der Waals surface area contributed by atoms with Gasteiger partial charge in [-0.05, 0) is 37.5 Å². The van der Waals surface area contributed by atoms with Crippen LogP contribution in [0.4, 0.5) is 0 Å². The number of rotatable bonds is 7. The first-order valence-electron chi connectivity index (χ1n) is 9.53. The van der Waals surface area contributed by atoms with E-state index in [-0.39, 0.29) is 22.7 Å². The summed E-state index contributed by atoms with van der Waals surface area (Å²) in [4.78, 5) is 13.0. The van der Waals surface area contributed by atoms with Gasteiger partial charge in [-0.2, -0.15) is 5.10 Å². The van der Waals surface area contributed by atoms with Crippen LogP contribution in [0.1, 0.15) is 44.6 Å². The fourth-order valence-corrected chi connectivity index (χ4v) is 4.38. The van der Waals surface area contributed by atoms with Crippen LogP contribution in [-0.4, -0.2) is 35.8 Å². The summed E-state index contributed by atoms with van der Waals surface area (Å²) >= 11 is 3.68. The first-order valence-corrected chi connectivity index (χ1v) is 10.4. The van der Waals surface area contributed by atoms with Gasteiger partial charge in [-0.3, -0.25) is 4.79 Å². The zero-order chi connectivity index (χ0) is 19.4. The first kappa shape index (κ1) is 19.9. The maximum Gasteiger partial charge on any atom is 0.247 e. The van der Waals surface area contributed by atoms with Crippen LogP contribution < -0.4 is 9.47 Å². The number of amides is 1. The molecule has 1 heterocycles. The second kappa shape index (κ2) is 8.91. The van der Waals surface area contributed by atoms with Gasteiger partial charge in [-0.15, -0.1) is 0 Å². The molecule has 1 aromatic rings. The summed E-state index contributed by atoms with van der Waals surface area (Å²) in [5, 5.41) is 6.48. The number of fused-ring (bicyclic) bond motifs is 1. The molecule has 6 heteroatoms. The van der Waals surface area contributed by atoms with Crippen LogP contribution in [0, 0.1) is 11.8 Å². The molecule has 0 saturated carbocycles. The van der Waals surface area contributed by atoms with Crippen molar-refractivity contribution < 1.29 is 14.3 Å². The van der Waals surface area contributed by atoms with Crippen molar-refractivity contribution in [3.05, 3.63) is 35.9 Å². The van der Waals surface area contributed by atoms with Crippen molar-refractivity contribution in [2.24, 2.45) is 16.9 Å². The van der Waals surface area contributed by atoms with Crippen molar-refractivity contribution in [2.45, 2.75) is 44.0 Å². The minimum Gasteiger partial charge on any atom is -0.493 e. The van der Waals surface area contributed by atoms with Crippen LogP contribution in [0.2, 0.25) is 0 Å². The summed E-state index contributed by atoms with van der Waals surface area (Å²) < 4.78 is 10.8. The molecule has 0 aromatic heterocycles. The highest BCUT2D eigenvalue weighted by Gasteiger charge is 2.41. The number of nitrogens with zero attached hydrogens (tertiary/aromatic N) is 2. The molecule has 3 rings (SSSR count). The van der Waals surface area contributed by atoms with Gasteiger partial charge in [0.2, 0.25) is 5.91 Å². The van der Waals surface area contributed by atoms with Crippen molar-refractivity contribution in [1.82, 2.24) is 5.01 Å². The Morgan fingerprint density at radius 3 is 2.56 bits per heavy atom. The minimum absolute atomic E-state index is 0.0581. The Hall–Kier alpha value is -1.82.